The van der Waals surface area contributed by atoms with Gasteiger partial charge in [0, 0.05) is 28.3 Å². The van der Waals surface area contributed by atoms with E-state index >= 15 is 0 Å². The number of benzene rings is 1. The Labute approximate surface area is 192 Å². The molecule has 2 heterocycles. The zero-order valence-corrected chi connectivity index (χ0v) is 19.9. The Morgan fingerprint density at radius 2 is 2.10 bits per heavy atom. The molecule has 0 spiro atoms. The molecule has 1 aliphatic rings. The Bertz CT molecular complexity index is 1060. The highest BCUT2D eigenvalue weighted by atomic mass is 79.9. The van der Waals surface area contributed by atoms with Gasteiger partial charge in [-0.2, -0.15) is 0 Å². The first-order valence-electron chi connectivity index (χ1n) is 10.7. The molecule has 31 heavy (non-hydrogen) atoms. The quantitative estimate of drug-likeness (QED) is 0.606. The van der Waals surface area contributed by atoms with E-state index in [1.807, 2.05) is 49.4 Å². The lowest BCUT2D eigenvalue weighted by molar-refractivity contribution is -0.186. The Kier molecular flexibility index (Phi) is 8.58. The van der Waals surface area contributed by atoms with Crippen LogP contribution in [0.2, 0.25) is 0 Å². The Morgan fingerprint density at radius 3 is 2.74 bits per heavy atom. The summed E-state index contributed by atoms with van der Waals surface area (Å²) in [5.74, 6) is -0.311. The second-order valence-electron chi connectivity index (χ2n) is 7.53. The van der Waals surface area contributed by atoms with Gasteiger partial charge in [-0.15, -0.1) is 0 Å². The van der Waals surface area contributed by atoms with Gasteiger partial charge in [-0.05, 0) is 57.4 Å². The van der Waals surface area contributed by atoms with E-state index in [1.165, 1.54) is 5.57 Å². The van der Waals surface area contributed by atoms with Gasteiger partial charge in [-0.3, -0.25) is 4.79 Å². The van der Waals surface area contributed by atoms with Gasteiger partial charge in [-0.25, -0.2) is 15.3 Å². The molecule has 3 rings (SSSR count). The number of nitrogens with one attached hydrogen (secondary N) is 1. The minimum atomic E-state index is -0.402. The Morgan fingerprint density at radius 1 is 1.32 bits per heavy atom. The van der Waals surface area contributed by atoms with Gasteiger partial charge >= 0.3 is 0 Å². The summed E-state index contributed by atoms with van der Waals surface area (Å²) < 4.78 is 6.54. The summed E-state index contributed by atoms with van der Waals surface area (Å²) in [6.45, 7) is 6.75. The average molecular weight is 485 g/mol. The molecule has 6 heteroatoms. The monoisotopic (exact) mass is 484 g/mol. The molecular weight excluding hydrogens is 456 g/mol. The highest BCUT2D eigenvalue weighted by Gasteiger charge is 2.18. The number of rotatable bonds is 6. The normalized spacial score (nSPS) is 18.3. The second kappa shape index (κ2) is 11.4. The number of nitrogens with zero attached hydrogens (tertiary/aromatic N) is 1. The smallest absolute Gasteiger partial charge is 0.275 e. The van der Waals surface area contributed by atoms with Gasteiger partial charge in [0.2, 0.25) is 0 Å². The molecule has 0 saturated carbocycles. The lowest BCUT2D eigenvalue weighted by Crippen LogP contribution is -2.40. The molecule has 1 fully saturated rings. The fraction of sp³-hybridized carbons (Fsp3) is 0.360. The molecule has 5 nitrogen and oxygen atoms in total. The molecule has 1 aliphatic heterocycles. The van der Waals surface area contributed by atoms with Gasteiger partial charge in [0.1, 0.15) is 0 Å². The number of carbonyl (C=O) groups is 1. The van der Waals surface area contributed by atoms with E-state index in [1.54, 1.807) is 0 Å². The van der Waals surface area contributed by atoms with Crippen LogP contribution in [0.25, 0.3) is 23.4 Å². The van der Waals surface area contributed by atoms with Gasteiger partial charge in [0.05, 0.1) is 16.6 Å². The maximum Gasteiger partial charge on any atom is 0.275 e. The van der Waals surface area contributed by atoms with Crippen LogP contribution >= 0.6 is 15.9 Å². The highest BCUT2D eigenvalue weighted by Crippen LogP contribution is 2.19. The molecule has 1 N–H and O–H groups in total. The van der Waals surface area contributed by atoms with E-state index in [2.05, 4.69) is 41.3 Å². The first kappa shape index (κ1) is 23.4. The third-order valence-corrected chi connectivity index (χ3v) is 5.79. The van der Waals surface area contributed by atoms with Crippen molar-refractivity contribution < 1.29 is 14.4 Å². The number of hydrogen-bond donors (Lipinski definition) is 1. The van der Waals surface area contributed by atoms with Crippen LogP contribution in [0.15, 0.2) is 46.5 Å². The molecule has 1 aromatic carbocycles. The predicted molar refractivity (Wildman–Crippen MR) is 127 cm³/mol. The predicted octanol–water partition coefficient (Wildman–Crippen LogP) is 4.64. The molecule has 1 aromatic heterocycles. The maximum absolute atomic E-state index is 13.1. The van der Waals surface area contributed by atoms with E-state index in [-0.39, 0.29) is 5.91 Å². The van der Waals surface area contributed by atoms with E-state index < -0.39 is 6.29 Å². The van der Waals surface area contributed by atoms with Crippen molar-refractivity contribution in [2.75, 3.05) is 6.61 Å². The van der Waals surface area contributed by atoms with Gasteiger partial charge in [-0.1, -0.05) is 52.7 Å². The molecule has 164 valence electrons. The summed E-state index contributed by atoms with van der Waals surface area (Å²) in [5, 5.41) is 1.52. The zero-order chi connectivity index (χ0) is 22.2. The molecular formula is C25H29BrN2O3. The largest absolute Gasteiger partial charge is 0.350 e. The lowest BCUT2D eigenvalue weighted by Gasteiger charge is -2.22. The van der Waals surface area contributed by atoms with Crippen LogP contribution in [0.3, 0.4) is 0 Å². The fourth-order valence-corrected chi connectivity index (χ4v) is 3.54. The SMILES string of the molecule is CC=c1c(C(=O)NOC2CCCCO2)cc(-c2ccc(Br)cc2)nc1=CC=C(C)CC. The van der Waals surface area contributed by atoms with E-state index in [9.17, 15) is 4.79 Å². The van der Waals surface area contributed by atoms with Crippen LogP contribution in [0, 0.1) is 0 Å². The van der Waals surface area contributed by atoms with Crippen LogP contribution in [-0.4, -0.2) is 23.8 Å². The standard InChI is InChI=1S/C25H29BrN2O3/c1-4-17(3)9-14-22-20(5-2)21(25(29)28-31-24-8-6-7-15-30-24)16-23(27-22)18-10-12-19(26)13-11-18/h5,9-14,16,24H,4,6-8,15H2,1-3H3,(H,28,29). The summed E-state index contributed by atoms with van der Waals surface area (Å²) in [7, 11) is 0. The Hall–Kier alpha value is -2.28. The Balaban J connectivity index is 2.03. The third-order valence-electron chi connectivity index (χ3n) is 5.27. The van der Waals surface area contributed by atoms with Crippen molar-refractivity contribution in [3.63, 3.8) is 0 Å². The molecule has 0 radical (unpaired) electrons. The van der Waals surface area contributed by atoms with Gasteiger partial charge < -0.3 is 4.74 Å². The summed E-state index contributed by atoms with van der Waals surface area (Å²) in [6, 6.07) is 9.70. The summed E-state index contributed by atoms with van der Waals surface area (Å²) in [6.07, 6.45) is 9.30. The number of hydrogen-bond acceptors (Lipinski definition) is 4. The number of halogens is 1. The maximum atomic E-state index is 13.1. The van der Waals surface area contributed by atoms with Crippen LogP contribution < -0.4 is 16.0 Å². The van der Waals surface area contributed by atoms with Crippen LogP contribution in [0.1, 0.15) is 56.8 Å². The first-order valence-corrected chi connectivity index (χ1v) is 11.5. The van der Waals surface area contributed by atoms with Crippen molar-refractivity contribution in [3.05, 3.63) is 62.6 Å². The number of allylic oxidation sites excluding steroid dienone is 2. The van der Waals surface area contributed by atoms with E-state index in [0.717, 1.165) is 52.0 Å². The number of aromatic nitrogens is 1. The minimum absolute atomic E-state index is 0.311. The highest BCUT2D eigenvalue weighted by molar-refractivity contribution is 9.10. The molecule has 0 aliphatic carbocycles. The van der Waals surface area contributed by atoms with Crippen molar-refractivity contribution in [1.82, 2.24) is 10.5 Å². The topological polar surface area (TPSA) is 60.5 Å². The number of hydroxylamine groups is 1. The van der Waals surface area contributed by atoms with Crippen LogP contribution in [-0.2, 0) is 9.57 Å². The summed E-state index contributed by atoms with van der Waals surface area (Å²) in [4.78, 5) is 23.5. The van der Waals surface area contributed by atoms with Gasteiger partial charge in [0.15, 0.2) is 6.29 Å². The molecule has 1 saturated heterocycles. The number of amides is 1. The average Bonchev–Trinajstić information content (AvgIpc) is 2.81. The molecule has 1 unspecified atom stereocenters. The van der Waals surface area contributed by atoms with E-state index in [4.69, 9.17) is 14.6 Å². The minimum Gasteiger partial charge on any atom is -0.350 e. The van der Waals surface area contributed by atoms with Crippen molar-refractivity contribution in [2.24, 2.45) is 0 Å². The molecule has 2 aromatic rings. The molecule has 1 amide bonds. The second-order valence-corrected chi connectivity index (χ2v) is 8.44. The molecule has 0 bridgehead atoms. The van der Waals surface area contributed by atoms with Crippen molar-refractivity contribution >= 4 is 34.0 Å². The fourth-order valence-electron chi connectivity index (χ4n) is 3.28. The number of pyridine rings is 1. The summed E-state index contributed by atoms with van der Waals surface area (Å²) in [5.41, 5.74) is 6.00. The van der Waals surface area contributed by atoms with Crippen LogP contribution in [0.4, 0.5) is 0 Å². The van der Waals surface area contributed by atoms with Gasteiger partial charge in [0.25, 0.3) is 5.91 Å². The van der Waals surface area contributed by atoms with Crippen molar-refractivity contribution in [1.29, 1.82) is 0 Å². The summed E-state index contributed by atoms with van der Waals surface area (Å²) >= 11 is 3.47. The zero-order valence-electron chi connectivity index (χ0n) is 18.3. The van der Waals surface area contributed by atoms with Crippen molar-refractivity contribution in [3.8, 4) is 11.3 Å². The first-order chi connectivity index (χ1) is 15.0. The number of ether oxygens (including phenoxy) is 1. The van der Waals surface area contributed by atoms with E-state index in [0.29, 0.717) is 12.2 Å². The molecule has 1 atom stereocenters. The van der Waals surface area contributed by atoms with Crippen molar-refractivity contribution in [2.45, 2.75) is 52.7 Å². The lowest BCUT2D eigenvalue weighted by atomic mass is 10.1. The third kappa shape index (κ3) is 6.35. The van der Waals surface area contributed by atoms with Crippen LogP contribution in [0.5, 0.6) is 0 Å². The number of carbonyl (C=O) groups excluding carboxylic acids is 1.